The molecular formula is C30H48N2. The van der Waals surface area contributed by atoms with Gasteiger partial charge in [-0.2, -0.15) is 0 Å². The van der Waals surface area contributed by atoms with Crippen LogP contribution in [0, 0.1) is 0 Å². The molecule has 2 aromatic rings. The molecular weight excluding hydrogens is 388 g/mol. The van der Waals surface area contributed by atoms with Crippen LogP contribution in [0.25, 0.3) is 0 Å². The maximum absolute atomic E-state index is 3.59. The molecule has 0 aliphatic carbocycles. The molecule has 2 rings (SSSR count). The SMILES string of the molecule is CCCCCCCNCc1ccc(CCc2ccc(CNCCCCCCC)cc2)cc1. The molecule has 2 heteroatoms. The fraction of sp³-hybridized carbons (Fsp3) is 0.600. The lowest BCUT2D eigenvalue weighted by Gasteiger charge is -2.08. The van der Waals surface area contributed by atoms with Crippen LogP contribution in [0.5, 0.6) is 0 Å². The first kappa shape index (κ1) is 26.6. The monoisotopic (exact) mass is 436 g/mol. The highest BCUT2D eigenvalue weighted by Gasteiger charge is 1.99. The molecule has 2 aromatic carbocycles. The molecule has 2 N–H and O–H groups in total. The Balaban J connectivity index is 1.58. The van der Waals surface area contributed by atoms with Crippen LogP contribution in [0.3, 0.4) is 0 Å². The number of benzene rings is 2. The fourth-order valence-electron chi connectivity index (χ4n) is 4.11. The Morgan fingerprint density at radius 2 is 0.781 bits per heavy atom. The third-order valence-electron chi connectivity index (χ3n) is 6.32. The number of rotatable bonds is 19. The molecule has 0 bridgehead atoms. The van der Waals surface area contributed by atoms with E-state index in [0.29, 0.717) is 0 Å². The van der Waals surface area contributed by atoms with E-state index in [1.54, 1.807) is 0 Å². The summed E-state index contributed by atoms with van der Waals surface area (Å²) >= 11 is 0. The Kier molecular flexibility index (Phi) is 14.9. The summed E-state index contributed by atoms with van der Waals surface area (Å²) in [5.41, 5.74) is 5.65. The van der Waals surface area contributed by atoms with E-state index in [2.05, 4.69) is 73.0 Å². The van der Waals surface area contributed by atoms with Crippen molar-refractivity contribution in [3.05, 3.63) is 70.8 Å². The van der Waals surface area contributed by atoms with E-state index in [9.17, 15) is 0 Å². The van der Waals surface area contributed by atoms with Crippen molar-refractivity contribution in [2.45, 2.75) is 104 Å². The van der Waals surface area contributed by atoms with E-state index in [0.717, 1.165) is 39.0 Å². The Morgan fingerprint density at radius 1 is 0.438 bits per heavy atom. The van der Waals surface area contributed by atoms with Crippen LogP contribution in [-0.2, 0) is 25.9 Å². The Hall–Kier alpha value is -1.64. The first-order valence-corrected chi connectivity index (χ1v) is 13.4. The van der Waals surface area contributed by atoms with E-state index in [1.165, 1.54) is 86.5 Å². The quantitative estimate of drug-likeness (QED) is 0.222. The molecule has 0 aromatic heterocycles. The van der Waals surface area contributed by atoms with Crippen molar-refractivity contribution < 1.29 is 0 Å². The van der Waals surface area contributed by atoms with Gasteiger partial charge in [-0.05, 0) is 61.0 Å². The normalized spacial score (nSPS) is 11.2. The Labute approximate surface area is 198 Å². The first-order valence-electron chi connectivity index (χ1n) is 13.4. The van der Waals surface area contributed by atoms with Crippen LogP contribution in [0.1, 0.15) is 100 Å². The molecule has 0 aliphatic rings. The highest BCUT2D eigenvalue weighted by molar-refractivity contribution is 5.26. The topological polar surface area (TPSA) is 24.1 Å². The molecule has 0 unspecified atom stereocenters. The first-order chi connectivity index (χ1) is 15.8. The average Bonchev–Trinajstić information content (AvgIpc) is 2.83. The van der Waals surface area contributed by atoms with Crippen molar-refractivity contribution in [3.63, 3.8) is 0 Å². The zero-order valence-electron chi connectivity index (χ0n) is 20.9. The largest absolute Gasteiger partial charge is 0.313 e. The summed E-state index contributed by atoms with van der Waals surface area (Å²) in [5, 5.41) is 7.17. The van der Waals surface area contributed by atoms with E-state index in [1.807, 2.05) is 0 Å². The van der Waals surface area contributed by atoms with Crippen molar-refractivity contribution in [1.82, 2.24) is 10.6 Å². The summed E-state index contributed by atoms with van der Waals surface area (Å²) in [6.07, 6.45) is 15.7. The minimum absolute atomic E-state index is 0.988. The smallest absolute Gasteiger partial charge is 0.0205 e. The van der Waals surface area contributed by atoms with E-state index in [4.69, 9.17) is 0 Å². The minimum atomic E-state index is 0.988. The molecule has 0 amide bonds. The summed E-state index contributed by atoms with van der Waals surface area (Å²) in [7, 11) is 0. The summed E-state index contributed by atoms with van der Waals surface area (Å²) < 4.78 is 0. The fourth-order valence-corrected chi connectivity index (χ4v) is 4.11. The third-order valence-corrected chi connectivity index (χ3v) is 6.32. The summed E-state index contributed by atoms with van der Waals surface area (Å²) in [4.78, 5) is 0. The van der Waals surface area contributed by atoms with Gasteiger partial charge in [-0.1, -0.05) is 114 Å². The van der Waals surface area contributed by atoms with Gasteiger partial charge in [0.1, 0.15) is 0 Å². The zero-order chi connectivity index (χ0) is 22.7. The van der Waals surface area contributed by atoms with Gasteiger partial charge in [0.05, 0.1) is 0 Å². The van der Waals surface area contributed by atoms with Gasteiger partial charge in [-0.15, -0.1) is 0 Å². The van der Waals surface area contributed by atoms with E-state index >= 15 is 0 Å². The van der Waals surface area contributed by atoms with Gasteiger partial charge < -0.3 is 10.6 Å². The van der Waals surface area contributed by atoms with Crippen molar-refractivity contribution in [2.24, 2.45) is 0 Å². The van der Waals surface area contributed by atoms with E-state index in [-0.39, 0.29) is 0 Å². The number of hydrogen-bond donors (Lipinski definition) is 2. The number of hydrogen-bond acceptors (Lipinski definition) is 2. The Morgan fingerprint density at radius 3 is 1.16 bits per heavy atom. The van der Waals surface area contributed by atoms with Gasteiger partial charge in [0.25, 0.3) is 0 Å². The van der Waals surface area contributed by atoms with Crippen LogP contribution in [0.15, 0.2) is 48.5 Å². The van der Waals surface area contributed by atoms with Crippen molar-refractivity contribution in [1.29, 1.82) is 0 Å². The molecule has 178 valence electrons. The number of aryl methyl sites for hydroxylation is 2. The maximum atomic E-state index is 3.59. The molecule has 0 saturated carbocycles. The van der Waals surface area contributed by atoms with Crippen molar-refractivity contribution >= 4 is 0 Å². The summed E-state index contributed by atoms with van der Waals surface area (Å²) in [5.74, 6) is 0. The van der Waals surface area contributed by atoms with Gasteiger partial charge in [-0.25, -0.2) is 0 Å². The maximum Gasteiger partial charge on any atom is 0.0205 e. The summed E-state index contributed by atoms with van der Waals surface area (Å²) in [6.45, 7) is 8.79. The molecule has 0 spiro atoms. The molecule has 0 fully saturated rings. The molecule has 0 heterocycles. The number of unbranched alkanes of at least 4 members (excludes halogenated alkanes) is 8. The second-order valence-corrected chi connectivity index (χ2v) is 9.31. The molecule has 0 radical (unpaired) electrons. The van der Waals surface area contributed by atoms with Crippen LogP contribution in [0.2, 0.25) is 0 Å². The van der Waals surface area contributed by atoms with Crippen molar-refractivity contribution in [2.75, 3.05) is 13.1 Å². The highest BCUT2D eigenvalue weighted by atomic mass is 14.8. The molecule has 32 heavy (non-hydrogen) atoms. The second kappa shape index (κ2) is 17.9. The third kappa shape index (κ3) is 12.4. The summed E-state index contributed by atoms with van der Waals surface area (Å²) in [6, 6.07) is 18.4. The van der Waals surface area contributed by atoms with Gasteiger partial charge in [-0.3, -0.25) is 0 Å². The molecule has 2 nitrogen and oxygen atoms in total. The molecule has 0 saturated heterocycles. The van der Waals surface area contributed by atoms with Gasteiger partial charge >= 0.3 is 0 Å². The highest BCUT2D eigenvalue weighted by Crippen LogP contribution is 2.11. The lowest BCUT2D eigenvalue weighted by Crippen LogP contribution is -2.14. The van der Waals surface area contributed by atoms with E-state index < -0.39 is 0 Å². The minimum Gasteiger partial charge on any atom is -0.313 e. The van der Waals surface area contributed by atoms with Gasteiger partial charge in [0.2, 0.25) is 0 Å². The van der Waals surface area contributed by atoms with Crippen LogP contribution in [0.4, 0.5) is 0 Å². The standard InChI is InChI=1S/C30H48N2/c1-3-5-7-9-11-23-31-25-29-19-15-27(16-20-29)13-14-28-17-21-30(22-18-28)26-32-24-12-10-8-6-4-2/h15-22,31-32H,3-14,23-26H2,1-2H3. The molecule has 0 atom stereocenters. The zero-order valence-corrected chi connectivity index (χ0v) is 20.9. The molecule has 0 aliphatic heterocycles. The average molecular weight is 437 g/mol. The van der Waals surface area contributed by atoms with Crippen LogP contribution < -0.4 is 10.6 Å². The van der Waals surface area contributed by atoms with Gasteiger partial charge in [0, 0.05) is 13.1 Å². The van der Waals surface area contributed by atoms with Crippen LogP contribution >= 0.6 is 0 Å². The van der Waals surface area contributed by atoms with Crippen LogP contribution in [-0.4, -0.2) is 13.1 Å². The number of nitrogens with one attached hydrogen (secondary N) is 2. The second-order valence-electron chi connectivity index (χ2n) is 9.31. The lowest BCUT2D eigenvalue weighted by atomic mass is 10.0. The predicted molar refractivity (Wildman–Crippen MR) is 141 cm³/mol. The lowest BCUT2D eigenvalue weighted by molar-refractivity contribution is 0.583. The van der Waals surface area contributed by atoms with Crippen molar-refractivity contribution in [3.8, 4) is 0 Å². The van der Waals surface area contributed by atoms with Gasteiger partial charge in [0.15, 0.2) is 0 Å². The Bertz CT molecular complexity index is 613. The predicted octanol–water partition coefficient (Wildman–Crippen LogP) is 7.59.